The summed E-state index contributed by atoms with van der Waals surface area (Å²) >= 11 is 0. The van der Waals surface area contributed by atoms with Gasteiger partial charge in [0.15, 0.2) is 0 Å². The second-order valence-electron chi connectivity index (χ2n) is 2.46. The molecule has 0 bridgehead atoms. The van der Waals surface area contributed by atoms with Gasteiger partial charge in [0, 0.05) is 11.3 Å². The summed E-state index contributed by atoms with van der Waals surface area (Å²) in [5.74, 6) is 0. The Kier molecular flexibility index (Phi) is 7.94. The van der Waals surface area contributed by atoms with Crippen molar-refractivity contribution in [2.45, 2.75) is 25.7 Å². The number of hydrogen-bond donors (Lipinski definition) is 0. The average molecular weight is 177 g/mol. The van der Waals surface area contributed by atoms with Crippen molar-refractivity contribution < 1.29 is 14.7 Å². The van der Waals surface area contributed by atoms with Crippen LogP contribution in [0.25, 0.3) is 0 Å². The molecular formula is C7H15NO4. The van der Waals surface area contributed by atoms with E-state index in [1.54, 1.807) is 0 Å². The largest absolute Gasteiger partial charge is 0.265 e. The summed E-state index contributed by atoms with van der Waals surface area (Å²) in [5, 5.41) is 9.90. The first-order valence-electron chi connectivity index (χ1n) is 4.04. The molecule has 12 heavy (non-hydrogen) atoms. The third-order valence-electron chi connectivity index (χ3n) is 1.44. The van der Waals surface area contributed by atoms with E-state index in [2.05, 4.69) is 9.78 Å². The molecule has 0 atom stereocenters. The third-order valence-corrected chi connectivity index (χ3v) is 1.44. The zero-order valence-corrected chi connectivity index (χ0v) is 7.32. The van der Waals surface area contributed by atoms with E-state index in [1.165, 1.54) is 7.11 Å². The van der Waals surface area contributed by atoms with E-state index in [9.17, 15) is 10.1 Å². The zero-order valence-electron chi connectivity index (χ0n) is 7.32. The second kappa shape index (κ2) is 8.42. The Bertz CT molecular complexity index is 118. The van der Waals surface area contributed by atoms with Crippen LogP contribution in [-0.4, -0.2) is 25.2 Å². The van der Waals surface area contributed by atoms with Crippen molar-refractivity contribution in [3.8, 4) is 0 Å². The first-order chi connectivity index (χ1) is 5.77. The lowest BCUT2D eigenvalue weighted by Crippen LogP contribution is -2.00. The second-order valence-corrected chi connectivity index (χ2v) is 2.46. The van der Waals surface area contributed by atoms with Crippen molar-refractivity contribution >= 4 is 0 Å². The van der Waals surface area contributed by atoms with Crippen LogP contribution in [0.1, 0.15) is 25.7 Å². The van der Waals surface area contributed by atoms with Crippen LogP contribution in [0.15, 0.2) is 0 Å². The van der Waals surface area contributed by atoms with Crippen LogP contribution < -0.4 is 0 Å². The standard InChI is InChI=1S/C7H15NO4/c1-11-12-7-5-3-2-4-6-8(9)10/h2-7H2,1H3. The van der Waals surface area contributed by atoms with Crippen LogP contribution in [0, 0.1) is 10.1 Å². The van der Waals surface area contributed by atoms with Crippen molar-refractivity contribution in [2.24, 2.45) is 0 Å². The number of rotatable bonds is 8. The van der Waals surface area contributed by atoms with E-state index < -0.39 is 0 Å². The van der Waals surface area contributed by atoms with Gasteiger partial charge in [-0.15, -0.1) is 0 Å². The normalized spacial score (nSPS) is 10.1. The molecule has 0 N–H and O–H groups in total. The molecule has 0 unspecified atom stereocenters. The number of nitrogens with zero attached hydrogens (tertiary/aromatic N) is 1. The van der Waals surface area contributed by atoms with Gasteiger partial charge in [0.25, 0.3) is 0 Å². The van der Waals surface area contributed by atoms with Gasteiger partial charge in [0.05, 0.1) is 13.7 Å². The molecule has 5 heteroatoms. The highest BCUT2D eigenvalue weighted by Crippen LogP contribution is 1.99. The first-order valence-corrected chi connectivity index (χ1v) is 4.04. The van der Waals surface area contributed by atoms with Crippen LogP contribution in [0.5, 0.6) is 0 Å². The topological polar surface area (TPSA) is 61.6 Å². The minimum atomic E-state index is -0.286. The summed E-state index contributed by atoms with van der Waals surface area (Å²) in [6, 6.07) is 0. The maximum atomic E-state index is 9.90. The molecule has 0 aromatic heterocycles. The fourth-order valence-electron chi connectivity index (χ4n) is 0.839. The van der Waals surface area contributed by atoms with E-state index in [0.717, 1.165) is 19.3 Å². The van der Waals surface area contributed by atoms with Crippen molar-refractivity contribution in [2.75, 3.05) is 20.3 Å². The predicted octanol–water partition coefficient (Wildman–Crippen LogP) is 1.40. The van der Waals surface area contributed by atoms with E-state index in [1.807, 2.05) is 0 Å². The molecule has 0 rings (SSSR count). The van der Waals surface area contributed by atoms with E-state index in [4.69, 9.17) is 0 Å². The molecule has 0 aliphatic heterocycles. The predicted molar refractivity (Wildman–Crippen MR) is 43.3 cm³/mol. The van der Waals surface area contributed by atoms with Gasteiger partial charge in [-0.1, -0.05) is 6.42 Å². The van der Waals surface area contributed by atoms with E-state index in [0.29, 0.717) is 13.0 Å². The molecular weight excluding hydrogens is 162 g/mol. The fourth-order valence-corrected chi connectivity index (χ4v) is 0.839. The van der Waals surface area contributed by atoms with Gasteiger partial charge in [-0.25, -0.2) is 9.78 Å². The molecule has 0 aromatic carbocycles. The number of nitro groups is 1. The van der Waals surface area contributed by atoms with Gasteiger partial charge in [0.2, 0.25) is 6.54 Å². The Balaban J connectivity index is 2.86. The minimum absolute atomic E-state index is 0.0745. The Hall–Kier alpha value is -0.680. The lowest BCUT2D eigenvalue weighted by Gasteiger charge is -1.98. The van der Waals surface area contributed by atoms with Gasteiger partial charge >= 0.3 is 0 Å². The molecule has 0 heterocycles. The van der Waals surface area contributed by atoms with Crippen LogP contribution in [0.2, 0.25) is 0 Å². The summed E-state index contributed by atoms with van der Waals surface area (Å²) in [6.45, 7) is 0.639. The highest BCUT2D eigenvalue weighted by Gasteiger charge is 1.96. The molecule has 0 aromatic rings. The summed E-state index contributed by atoms with van der Waals surface area (Å²) in [7, 11) is 1.47. The first kappa shape index (κ1) is 11.3. The highest BCUT2D eigenvalue weighted by molar-refractivity contribution is 4.40. The summed E-state index contributed by atoms with van der Waals surface area (Å²) in [6.07, 6.45) is 3.39. The maximum Gasteiger partial charge on any atom is 0.203 e. The SMILES string of the molecule is COOCCCCCC[N+](=O)[O-]. The molecule has 0 saturated heterocycles. The van der Waals surface area contributed by atoms with Crippen LogP contribution >= 0.6 is 0 Å². The highest BCUT2D eigenvalue weighted by atomic mass is 17.2. The molecule has 5 nitrogen and oxygen atoms in total. The van der Waals surface area contributed by atoms with Crippen molar-refractivity contribution in [1.29, 1.82) is 0 Å². The van der Waals surface area contributed by atoms with Crippen LogP contribution in [0.3, 0.4) is 0 Å². The fraction of sp³-hybridized carbons (Fsp3) is 1.00. The molecule has 0 aliphatic rings. The van der Waals surface area contributed by atoms with Gasteiger partial charge < -0.3 is 0 Å². The molecule has 0 radical (unpaired) electrons. The van der Waals surface area contributed by atoms with Crippen LogP contribution in [-0.2, 0) is 9.78 Å². The molecule has 0 saturated carbocycles. The quantitative estimate of drug-likeness (QED) is 0.243. The zero-order chi connectivity index (χ0) is 9.23. The van der Waals surface area contributed by atoms with Crippen LogP contribution in [0.4, 0.5) is 0 Å². The Morgan fingerprint density at radius 2 is 1.92 bits per heavy atom. The number of hydrogen-bond acceptors (Lipinski definition) is 4. The maximum absolute atomic E-state index is 9.90. The van der Waals surface area contributed by atoms with Gasteiger partial charge in [-0.2, -0.15) is 0 Å². The Morgan fingerprint density at radius 3 is 2.50 bits per heavy atom. The molecule has 0 aliphatic carbocycles. The molecule has 0 fully saturated rings. The van der Waals surface area contributed by atoms with Gasteiger partial charge in [-0.05, 0) is 12.8 Å². The lowest BCUT2D eigenvalue weighted by molar-refractivity contribution is -0.480. The molecule has 0 spiro atoms. The van der Waals surface area contributed by atoms with Crippen molar-refractivity contribution in [3.63, 3.8) is 0 Å². The van der Waals surface area contributed by atoms with E-state index >= 15 is 0 Å². The van der Waals surface area contributed by atoms with Crippen molar-refractivity contribution in [1.82, 2.24) is 0 Å². The van der Waals surface area contributed by atoms with E-state index in [-0.39, 0.29) is 11.5 Å². The van der Waals surface area contributed by atoms with Gasteiger partial charge in [0.1, 0.15) is 0 Å². The van der Waals surface area contributed by atoms with Crippen molar-refractivity contribution in [3.05, 3.63) is 10.1 Å². The Labute approximate surface area is 71.7 Å². The van der Waals surface area contributed by atoms with Gasteiger partial charge in [-0.3, -0.25) is 10.1 Å². The molecule has 0 amide bonds. The smallest absolute Gasteiger partial charge is 0.203 e. The average Bonchev–Trinajstić information content (AvgIpc) is 2.02. The Morgan fingerprint density at radius 1 is 1.25 bits per heavy atom. The molecule has 72 valence electrons. The summed E-state index contributed by atoms with van der Waals surface area (Å²) in [5.41, 5.74) is 0. The lowest BCUT2D eigenvalue weighted by atomic mass is 10.2. The minimum Gasteiger partial charge on any atom is -0.265 e. The summed E-state index contributed by atoms with van der Waals surface area (Å²) in [4.78, 5) is 18.6. The summed E-state index contributed by atoms with van der Waals surface area (Å²) < 4.78 is 0. The number of unbranched alkanes of at least 4 members (excludes halogenated alkanes) is 3. The third kappa shape index (κ3) is 9.32. The monoisotopic (exact) mass is 177 g/mol.